The van der Waals surface area contributed by atoms with Crippen LogP contribution in [0.5, 0.6) is 0 Å². The smallest absolute Gasteiger partial charge is 0.326 e. The standard InChI is InChI=1S/C10H15N3O4S/c14-4-2-8(9(15)16)13-10(17)11-3-1-7-5-18-6-12-7/h5-6,8,14H,1-4H2,(H,15,16)(H2,11,13,17)/t8-/m1/s1. The SMILES string of the molecule is O=C(NCCc1cscn1)N[C@H](CCO)C(=O)O. The highest BCUT2D eigenvalue weighted by Crippen LogP contribution is 2.00. The Hall–Kier alpha value is -1.67. The van der Waals surface area contributed by atoms with Gasteiger partial charge in [0.05, 0.1) is 11.2 Å². The Labute approximate surface area is 108 Å². The van der Waals surface area contributed by atoms with Crippen molar-refractivity contribution in [3.05, 3.63) is 16.6 Å². The molecule has 1 rings (SSSR count). The molecule has 0 bridgehead atoms. The quantitative estimate of drug-likeness (QED) is 0.550. The van der Waals surface area contributed by atoms with Crippen molar-refractivity contribution in [1.29, 1.82) is 0 Å². The molecule has 18 heavy (non-hydrogen) atoms. The summed E-state index contributed by atoms with van der Waals surface area (Å²) in [6.07, 6.45) is 0.573. The van der Waals surface area contributed by atoms with Crippen molar-refractivity contribution in [2.45, 2.75) is 18.9 Å². The second-order valence-electron chi connectivity index (χ2n) is 3.53. The maximum atomic E-state index is 11.4. The minimum atomic E-state index is -1.17. The van der Waals surface area contributed by atoms with Gasteiger partial charge in [-0.2, -0.15) is 0 Å². The van der Waals surface area contributed by atoms with Crippen LogP contribution in [0.25, 0.3) is 0 Å². The fourth-order valence-electron chi connectivity index (χ4n) is 1.26. The highest BCUT2D eigenvalue weighted by atomic mass is 32.1. The van der Waals surface area contributed by atoms with E-state index in [-0.39, 0.29) is 13.0 Å². The third-order valence-corrected chi connectivity index (χ3v) is 2.81. The summed E-state index contributed by atoms with van der Waals surface area (Å²) >= 11 is 1.47. The maximum absolute atomic E-state index is 11.4. The summed E-state index contributed by atoms with van der Waals surface area (Å²) in [6, 6.07) is -1.64. The van der Waals surface area contributed by atoms with Gasteiger partial charge in [-0.05, 0) is 0 Å². The number of thiazole rings is 1. The highest BCUT2D eigenvalue weighted by molar-refractivity contribution is 7.07. The number of aromatic nitrogens is 1. The van der Waals surface area contributed by atoms with Gasteiger partial charge in [-0.25, -0.2) is 14.6 Å². The van der Waals surface area contributed by atoms with Crippen molar-refractivity contribution in [2.75, 3.05) is 13.2 Å². The number of carbonyl (C=O) groups is 2. The van der Waals surface area contributed by atoms with Gasteiger partial charge >= 0.3 is 12.0 Å². The summed E-state index contributed by atoms with van der Waals surface area (Å²) in [5, 5.41) is 24.1. The molecule has 0 spiro atoms. The molecule has 0 unspecified atom stereocenters. The van der Waals surface area contributed by atoms with Crippen LogP contribution < -0.4 is 10.6 Å². The number of hydrogen-bond acceptors (Lipinski definition) is 5. The zero-order valence-corrected chi connectivity index (χ0v) is 10.4. The van der Waals surface area contributed by atoms with Crippen molar-refractivity contribution in [1.82, 2.24) is 15.6 Å². The normalized spacial score (nSPS) is 11.8. The van der Waals surface area contributed by atoms with Crippen molar-refractivity contribution in [3.8, 4) is 0 Å². The third-order valence-electron chi connectivity index (χ3n) is 2.17. The van der Waals surface area contributed by atoms with Gasteiger partial charge < -0.3 is 20.8 Å². The zero-order valence-electron chi connectivity index (χ0n) is 9.63. The molecule has 0 radical (unpaired) electrons. The molecule has 0 saturated carbocycles. The molecular weight excluding hydrogens is 258 g/mol. The fraction of sp³-hybridized carbons (Fsp3) is 0.500. The monoisotopic (exact) mass is 273 g/mol. The molecule has 1 atom stereocenters. The van der Waals surface area contributed by atoms with Gasteiger partial charge in [0.25, 0.3) is 0 Å². The molecular formula is C10H15N3O4S. The molecule has 0 aliphatic carbocycles. The van der Waals surface area contributed by atoms with Crippen molar-refractivity contribution >= 4 is 23.3 Å². The third kappa shape index (κ3) is 5.11. The first-order valence-electron chi connectivity index (χ1n) is 5.38. The minimum Gasteiger partial charge on any atom is -0.480 e. The first kappa shape index (κ1) is 14.4. The van der Waals surface area contributed by atoms with Crippen LogP contribution in [0.15, 0.2) is 10.9 Å². The molecule has 1 aromatic rings. The summed E-state index contributed by atoms with van der Waals surface area (Å²) < 4.78 is 0. The number of carbonyl (C=O) groups excluding carboxylic acids is 1. The van der Waals surface area contributed by atoms with E-state index < -0.39 is 18.0 Å². The summed E-state index contributed by atoms with van der Waals surface area (Å²) in [4.78, 5) is 26.2. The van der Waals surface area contributed by atoms with Crippen LogP contribution >= 0.6 is 11.3 Å². The summed E-state index contributed by atoms with van der Waals surface area (Å²) in [5.74, 6) is -1.17. The van der Waals surface area contributed by atoms with Crippen LogP contribution in [-0.4, -0.2) is 46.4 Å². The molecule has 0 saturated heterocycles. The van der Waals surface area contributed by atoms with Crippen LogP contribution in [0, 0.1) is 0 Å². The number of hydrogen-bond donors (Lipinski definition) is 4. The molecule has 0 aromatic carbocycles. The highest BCUT2D eigenvalue weighted by Gasteiger charge is 2.18. The number of aliphatic hydroxyl groups is 1. The number of urea groups is 1. The van der Waals surface area contributed by atoms with E-state index in [1.54, 1.807) is 5.51 Å². The number of amides is 2. The molecule has 1 aromatic heterocycles. The number of carboxylic acids is 1. The van der Waals surface area contributed by atoms with E-state index in [0.29, 0.717) is 13.0 Å². The molecule has 0 aliphatic heterocycles. The van der Waals surface area contributed by atoms with E-state index in [1.807, 2.05) is 5.38 Å². The Bertz CT molecular complexity index is 382. The Kier molecular flexibility index (Phi) is 6.09. The number of rotatable bonds is 7. The summed E-state index contributed by atoms with van der Waals surface area (Å²) in [5.41, 5.74) is 2.59. The minimum absolute atomic E-state index is 0.0190. The molecule has 4 N–H and O–H groups in total. The topological polar surface area (TPSA) is 112 Å². The van der Waals surface area contributed by atoms with Gasteiger partial charge in [0.2, 0.25) is 0 Å². The first-order valence-corrected chi connectivity index (χ1v) is 6.33. The van der Waals surface area contributed by atoms with Crippen LogP contribution in [-0.2, 0) is 11.2 Å². The lowest BCUT2D eigenvalue weighted by molar-refractivity contribution is -0.139. The van der Waals surface area contributed by atoms with E-state index in [4.69, 9.17) is 10.2 Å². The lowest BCUT2D eigenvalue weighted by Crippen LogP contribution is -2.46. The van der Waals surface area contributed by atoms with E-state index >= 15 is 0 Å². The van der Waals surface area contributed by atoms with E-state index in [1.165, 1.54) is 11.3 Å². The molecule has 8 heteroatoms. The van der Waals surface area contributed by atoms with Gasteiger partial charge in [-0.15, -0.1) is 11.3 Å². The summed E-state index contributed by atoms with van der Waals surface area (Å²) in [7, 11) is 0. The summed E-state index contributed by atoms with van der Waals surface area (Å²) in [6.45, 7) is 0.0805. The van der Waals surface area contributed by atoms with Gasteiger partial charge in [-0.1, -0.05) is 0 Å². The number of aliphatic hydroxyl groups excluding tert-OH is 1. The number of nitrogens with one attached hydrogen (secondary N) is 2. The van der Waals surface area contributed by atoms with Crippen LogP contribution in [0.2, 0.25) is 0 Å². The Morgan fingerprint density at radius 1 is 1.50 bits per heavy atom. The van der Waals surface area contributed by atoms with E-state index in [2.05, 4.69) is 15.6 Å². The largest absolute Gasteiger partial charge is 0.480 e. The zero-order chi connectivity index (χ0) is 13.4. The second kappa shape index (κ2) is 7.62. The van der Waals surface area contributed by atoms with E-state index in [9.17, 15) is 9.59 Å². The van der Waals surface area contributed by atoms with Crippen LogP contribution in [0.3, 0.4) is 0 Å². The van der Waals surface area contributed by atoms with Crippen molar-refractivity contribution in [2.24, 2.45) is 0 Å². The van der Waals surface area contributed by atoms with Crippen molar-refractivity contribution in [3.63, 3.8) is 0 Å². The van der Waals surface area contributed by atoms with Gasteiger partial charge in [0.1, 0.15) is 6.04 Å². The average molecular weight is 273 g/mol. The number of aliphatic carboxylic acids is 1. The molecule has 100 valence electrons. The lowest BCUT2D eigenvalue weighted by atomic mass is 10.2. The molecule has 2 amide bonds. The van der Waals surface area contributed by atoms with E-state index in [0.717, 1.165) is 5.69 Å². The predicted molar refractivity (Wildman–Crippen MR) is 65.5 cm³/mol. The predicted octanol–water partition coefficient (Wildman–Crippen LogP) is -0.180. The average Bonchev–Trinajstić information content (AvgIpc) is 2.81. The second-order valence-corrected chi connectivity index (χ2v) is 4.25. The van der Waals surface area contributed by atoms with Gasteiger partial charge in [0, 0.05) is 31.4 Å². The molecule has 7 nitrogen and oxygen atoms in total. The Balaban J connectivity index is 2.25. The maximum Gasteiger partial charge on any atom is 0.326 e. The Morgan fingerprint density at radius 3 is 2.83 bits per heavy atom. The Morgan fingerprint density at radius 2 is 2.28 bits per heavy atom. The van der Waals surface area contributed by atoms with Gasteiger partial charge in [0.15, 0.2) is 0 Å². The number of nitrogens with zero attached hydrogens (tertiary/aromatic N) is 1. The molecule has 0 aliphatic rings. The van der Waals surface area contributed by atoms with Crippen LogP contribution in [0.1, 0.15) is 12.1 Å². The number of carboxylic acid groups (broad SMARTS) is 1. The lowest BCUT2D eigenvalue weighted by Gasteiger charge is -2.13. The molecule has 1 heterocycles. The van der Waals surface area contributed by atoms with Gasteiger partial charge in [-0.3, -0.25) is 0 Å². The first-order chi connectivity index (χ1) is 8.63. The fourth-order valence-corrected chi connectivity index (χ4v) is 1.85. The van der Waals surface area contributed by atoms with Crippen LogP contribution in [0.4, 0.5) is 4.79 Å². The molecule has 0 fully saturated rings. The van der Waals surface area contributed by atoms with Crippen molar-refractivity contribution < 1.29 is 19.8 Å².